The van der Waals surface area contributed by atoms with Crippen molar-refractivity contribution in [3.05, 3.63) is 52.0 Å². The number of nitrogens with zero attached hydrogens (tertiary/aromatic N) is 1. The number of nitrogens with two attached hydrogens (primary N) is 1. The Hall–Kier alpha value is -1.23. The van der Waals surface area contributed by atoms with E-state index < -0.39 is 0 Å². The molecule has 0 fully saturated rings. The van der Waals surface area contributed by atoms with Gasteiger partial charge in [0, 0.05) is 36.6 Å². The number of aromatic nitrogens is 1. The molecule has 1 aromatic carbocycles. The Morgan fingerprint density at radius 3 is 2.78 bits per heavy atom. The molecule has 96 valence electrons. The SMILES string of the molecule is Cc1csc(CCNC[C@@H](N)c2ccccc2)n1. The highest BCUT2D eigenvalue weighted by atomic mass is 32.1. The van der Waals surface area contributed by atoms with Gasteiger partial charge in [0.2, 0.25) is 0 Å². The Morgan fingerprint density at radius 2 is 2.11 bits per heavy atom. The molecule has 1 aromatic heterocycles. The molecule has 2 aromatic rings. The van der Waals surface area contributed by atoms with Crippen molar-refractivity contribution in [2.75, 3.05) is 13.1 Å². The topological polar surface area (TPSA) is 50.9 Å². The molecule has 0 saturated heterocycles. The van der Waals surface area contributed by atoms with Gasteiger partial charge < -0.3 is 11.1 Å². The van der Waals surface area contributed by atoms with Crippen molar-refractivity contribution in [2.24, 2.45) is 5.73 Å². The number of nitrogens with one attached hydrogen (secondary N) is 1. The van der Waals surface area contributed by atoms with E-state index in [1.54, 1.807) is 11.3 Å². The molecule has 0 aliphatic carbocycles. The fourth-order valence-corrected chi connectivity index (χ4v) is 2.56. The van der Waals surface area contributed by atoms with Gasteiger partial charge in [-0.25, -0.2) is 4.98 Å². The van der Waals surface area contributed by atoms with Crippen LogP contribution in [0.4, 0.5) is 0 Å². The van der Waals surface area contributed by atoms with Crippen molar-refractivity contribution in [1.82, 2.24) is 10.3 Å². The molecule has 3 N–H and O–H groups in total. The van der Waals surface area contributed by atoms with Crippen LogP contribution >= 0.6 is 11.3 Å². The highest BCUT2D eigenvalue weighted by molar-refractivity contribution is 7.09. The first-order chi connectivity index (χ1) is 8.75. The lowest BCUT2D eigenvalue weighted by atomic mass is 10.1. The summed E-state index contributed by atoms with van der Waals surface area (Å²) in [6.07, 6.45) is 0.972. The second-order valence-electron chi connectivity index (χ2n) is 4.35. The Kier molecular flexibility index (Phi) is 4.87. The van der Waals surface area contributed by atoms with Gasteiger partial charge in [0.15, 0.2) is 0 Å². The zero-order valence-corrected chi connectivity index (χ0v) is 11.4. The third-order valence-electron chi connectivity index (χ3n) is 2.77. The van der Waals surface area contributed by atoms with Crippen molar-refractivity contribution >= 4 is 11.3 Å². The van der Waals surface area contributed by atoms with Crippen LogP contribution in [0.2, 0.25) is 0 Å². The van der Waals surface area contributed by atoms with Crippen LogP contribution in [-0.4, -0.2) is 18.1 Å². The molecular formula is C14H19N3S. The van der Waals surface area contributed by atoms with Gasteiger partial charge >= 0.3 is 0 Å². The molecule has 4 heteroatoms. The van der Waals surface area contributed by atoms with Gasteiger partial charge in [0.1, 0.15) is 0 Å². The number of hydrogen-bond acceptors (Lipinski definition) is 4. The number of thiazole rings is 1. The molecule has 3 nitrogen and oxygen atoms in total. The average Bonchev–Trinajstić information content (AvgIpc) is 2.81. The van der Waals surface area contributed by atoms with E-state index in [1.807, 2.05) is 25.1 Å². The van der Waals surface area contributed by atoms with E-state index in [0.29, 0.717) is 0 Å². The Balaban J connectivity index is 1.69. The van der Waals surface area contributed by atoms with E-state index in [1.165, 1.54) is 10.6 Å². The summed E-state index contributed by atoms with van der Waals surface area (Å²) < 4.78 is 0. The lowest BCUT2D eigenvalue weighted by molar-refractivity contribution is 0.598. The van der Waals surface area contributed by atoms with Crippen molar-refractivity contribution < 1.29 is 0 Å². The first-order valence-electron chi connectivity index (χ1n) is 6.18. The Labute approximate surface area is 112 Å². The quantitative estimate of drug-likeness (QED) is 0.784. The molecule has 1 atom stereocenters. The molecule has 0 saturated carbocycles. The summed E-state index contributed by atoms with van der Waals surface area (Å²) >= 11 is 1.72. The number of hydrogen-bond donors (Lipinski definition) is 2. The molecule has 0 aliphatic rings. The minimum atomic E-state index is 0.0595. The van der Waals surface area contributed by atoms with Gasteiger partial charge in [-0.2, -0.15) is 0 Å². The smallest absolute Gasteiger partial charge is 0.0940 e. The summed E-state index contributed by atoms with van der Waals surface area (Å²) in [7, 11) is 0. The second kappa shape index (κ2) is 6.64. The van der Waals surface area contributed by atoms with Gasteiger partial charge in [0.05, 0.1) is 5.01 Å². The van der Waals surface area contributed by atoms with Crippen molar-refractivity contribution in [2.45, 2.75) is 19.4 Å². The molecule has 0 unspecified atom stereocenters. The van der Waals surface area contributed by atoms with Crippen molar-refractivity contribution in [3.8, 4) is 0 Å². The monoisotopic (exact) mass is 261 g/mol. The van der Waals surface area contributed by atoms with Crippen LogP contribution in [0, 0.1) is 6.92 Å². The van der Waals surface area contributed by atoms with E-state index in [-0.39, 0.29) is 6.04 Å². The molecule has 0 amide bonds. The van der Waals surface area contributed by atoms with E-state index in [9.17, 15) is 0 Å². The lowest BCUT2D eigenvalue weighted by Crippen LogP contribution is -2.28. The normalized spacial score (nSPS) is 12.6. The summed E-state index contributed by atoms with van der Waals surface area (Å²) in [6.45, 7) is 3.75. The van der Waals surface area contributed by atoms with Crippen LogP contribution < -0.4 is 11.1 Å². The summed E-state index contributed by atoms with van der Waals surface area (Å²) in [4.78, 5) is 4.43. The minimum absolute atomic E-state index is 0.0595. The molecule has 2 rings (SSSR count). The Bertz CT molecular complexity index is 467. The number of benzene rings is 1. The second-order valence-corrected chi connectivity index (χ2v) is 5.30. The van der Waals surface area contributed by atoms with Gasteiger partial charge in [-0.05, 0) is 12.5 Å². The molecule has 18 heavy (non-hydrogen) atoms. The molecule has 0 aliphatic heterocycles. The van der Waals surface area contributed by atoms with Crippen LogP contribution in [-0.2, 0) is 6.42 Å². The Morgan fingerprint density at radius 1 is 1.33 bits per heavy atom. The summed E-state index contributed by atoms with van der Waals surface area (Å²) in [6, 6.07) is 10.2. The highest BCUT2D eigenvalue weighted by Crippen LogP contribution is 2.09. The predicted molar refractivity (Wildman–Crippen MR) is 76.8 cm³/mol. The maximum Gasteiger partial charge on any atom is 0.0940 e. The first kappa shape index (κ1) is 13.2. The van der Waals surface area contributed by atoms with Crippen molar-refractivity contribution in [1.29, 1.82) is 0 Å². The van der Waals surface area contributed by atoms with Gasteiger partial charge in [0.25, 0.3) is 0 Å². The fraction of sp³-hybridized carbons (Fsp3) is 0.357. The maximum atomic E-state index is 6.10. The van der Waals surface area contributed by atoms with Gasteiger partial charge in [-0.15, -0.1) is 11.3 Å². The maximum absolute atomic E-state index is 6.10. The molecule has 0 bridgehead atoms. The standard InChI is InChI=1S/C14H19N3S/c1-11-10-18-14(17-11)7-8-16-9-13(15)12-5-3-2-4-6-12/h2-6,10,13,16H,7-9,15H2,1H3/t13-/m1/s1. The van der Waals surface area contributed by atoms with E-state index in [4.69, 9.17) is 5.73 Å². The van der Waals surface area contributed by atoms with Crippen LogP contribution in [0.5, 0.6) is 0 Å². The van der Waals surface area contributed by atoms with Gasteiger partial charge in [-0.1, -0.05) is 30.3 Å². The van der Waals surface area contributed by atoms with Crippen LogP contribution in [0.25, 0.3) is 0 Å². The molecule has 0 radical (unpaired) electrons. The van der Waals surface area contributed by atoms with Crippen LogP contribution in [0.15, 0.2) is 35.7 Å². The fourth-order valence-electron chi connectivity index (χ4n) is 1.79. The predicted octanol–water partition coefficient (Wildman–Crippen LogP) is 2.28. The molecule has 0 spiro atoms. The third-order valence-corrected chi connectivity index (χ3v) is 3.80. The highest BCUT2D eigenvalue weighted by Gasteiger charge is 2.04. The zero-order chi connectivity index (χ0) is 12.8. The minimum Gasteiger partial charge on any atom is -0.323 e. The average molecular weight is 261 g/mol. The zero-order valence-electron chi connectivity index (χ0n) is 10.6. The summed E-state index contributed by atoms with van der Waals surface area (Å²) in [5.41, 5.74) is 8.39. The lowest BCUT2D eigenvalue weighted by Gasteiger charge is -2.12. The summed E-state index contributed by atoms with van der Waals surface area (Å²) in [5, 5.41) is 6.66. The molecule has 1 heterocycles. The number of rotatable bonds is 6. The van der Waals surface area contributed by atoms with E-state index >= 15 is 0 Å². The van der Waals surface area contributed by atoms with E-state index in [0.717, 1.165) is 25.2 Å². The third kappa shape index (κ3) is 3.91. The van der Waals surface area contributed by atoms with E-state index in [2.05, 4.69) is 27.8 Å². The molecular weight excluding hydrogens is 242 g/mol. The van der Waals surface area contributed by atoms with Crippen molar-refractivity contribution in [3.63, 3.8) is 0 Å². The van der Waals surface area contributed by atoms with Crippen LogP contribution in [0.1, 0.15) is 22.3 Å². The largest absolute Gasteiger partial charge is 0.323 e. The first-order valence-corrected chi connectivity index (χ1v) is 7.06. The van der Waals surface area contributed by atoms with Crippen LogP contribution in [0.3, 0.4) is 0 Å². The number of aryl methyl sites for hydroxylation is 1. The van der Waals surface area contributed by atoms with Gasteiger partial charge in [-0.3, -0.25) is 0 Å². The summed E-state index contributed by atoms with van der Waals surface area (Å²) in [5.74, 6) is 0.